The molecule has 1 aromatic rings. The summed E-state index contributed by atoms with van der Waals surface area (Å²) in [7, 11) is 1.63. The third-order valence-corrected chi connectivity index (χ3v) is 3.93. The van der Waals surface area contributed by atoms with Crippen molar-refractivity contribution in [2.24, 2.45) is 0 Å². The van der Waals surface area contributed by atoms with E-state index in [1.54, 1.807) is 13.2 Å². The molecule has 1 aliphatic carbocycles. The summed E-state index contributed by atoms with van der Waals surface area (Å²) in [5.74, 6) is 0.776. The van der Waals surface area contributed by atoms with E-state index in [4.69, 9.17) is 10.00 Å². The molecule has 2 rings (SSSR count). The first-order valence-electron chi connectivity index (χ1n) is 6.66. The molecule has 4 nitrogen and oxygen atoms in total. The maximum Gasteiger partial charge on any atom is 0.123 e. The van der Waals surface area contributed by atoms with E-state index in [0.717, 1.165) is 37.0 Å². The van der Waals surface area contributed by atoms with Gasteiger partial charge in [-0.2, -0.15) is 5.26 Å². The smallest absolute Gasteiger partial charge is 0.123 e. The molecule has 19 heavy (non-hydrogen) atoms. The van der Waals surface area contributed by atoms with Crippen LogP contribution in [0.2, 0.25) is 0 Å². The molecule has 1 fully saturated rings. The summed E-state index contributed by atoms with van der Waals surface area (Å²) in [5, 5.41) is 22.0. The van der Waals surface area contributed by atoms with Crippen LogP contribution in [0.1, 0.15) is 36.8 Å². The molecule has 1 saturated carbocycles. The maximum atomic E-state index is 9.58. The van der Waals surface area contributed by atoms with E-state index in [1.165, 1.54) is 0 Å². The molecule has 102 valence electrons. The van der Waals surface area contributed by atoms with Crippen LogP contribution in [0.3, 0.4) is 0 Å². The largest absolute Gasteiger partial charge is 0.496 e. The first-order chi connectivity index (χ1) is 9.23. The minimum absolute atomic E-state index is 0.159. The molecule has 0 bridgehead atoms. The molecule has 1 aliphatic rings. The molecular weight excluding hydrogens is 240 g/mol. The third-order valence-electron chi connectivity index (χ3n) is 3.93. The van der Waals surface area contributed by atoms with Crippen LogP contribution in [-0.4, -0.2) is 24.4 Å². The van der Waals surface area contributed by atoms with Crippen molar-refractivity contribution in [3.05, 3.63) is 29.3 Å². The Morgan fingerprint density at radius 3 is 2.74 bits per heavy atom. The average Bonchev–Trinajstić information content (AvgIpc) is 2.94. The van der Waals surface area contributed by atoms with Crippen molar-refractivity contribution in [3.8, 4) is 11.8 Å². The van der Waals surface area contributed by atoms with Crippen LogP contribution in [0.5, 0.6) is 5.75 Å². The van der Waals surface area contributed by atoms with Crippen LogP contribution in [-0.2, 0) is 6.54 Å². The van der Waals surface area contributed by atoms with Gasteiger partial charge in [-0.1, -0.05) is 12.8 Å². The quantitative estimate of drug-likeness (QED) is 0.849. The normalized spacial score (nSPS) is 17.1. The van der Waals surface area contributed by atoms with Gasteiger partial charge >= 0.3 is 0 Å². The predicted octanol–water partition coefficient (Wildman–Crippen LogP) is 1.96. The van der Waals surface area contributed by atoms with Crippen molar-refractivity contribution in [1.29, 1.82) is 5.26 Å². The highest BCUT2D eigenvalue weighted by Gasteiger charge is 2.32. The van der Waals surface area contributed by atoms with E-state index in [0.29, 0.717) is 12.1 Å². The Balaban J connectivity index is 2.12. The first-order valence-corrected chi connectivity index (χ1v) is 6.66. The van der Waals surface area contributed by atoms with Gasteiger partial charge in [0.25, 0.3) is 0 Å². The van der Waals surface area contributed by atoms with Crippen molar-refractivity contribution in [1.82, 2.24) is 5.32 Å². The maximum absolute atomic E-state index is 9.58. The van der Waals surface area contributed by atoms with Crippen molar-refractivity contribution in [2.45, 2.75) is 37.8 Å². The lowest BCUT2D eigenvalue weighted by Gasteiger charge is -2.28. The average molecular weight is 260 g/mol. The zero-order valence-electron chi connectivity index (χ0n) is 11.3. The summed E-state index contributed by atoms with van der Waals surface area (Å²) in [6, 6.07) is 7.54. The summed E-state index contributed by atoms with van der Waals surface area (Å²) in [4.78, 5) is 0. The van der Waals surface area contributed by atoms with Gasteiger partial charge in [0.1, 0.15) is 5.75 Å². The van der Waals surface area contributed by atoms with E-state index in [2.05, 4.69) is 11.4 Å². The highest BCUT2D eigenvalue weighted by atomic mass is 16.5. The number of rotatable bonds is 5. The number of nitrogens with one attached hydrogen (secondary N) is 1. The highest BCUT2D eigenvalue weighted by molar-refractivity contribution is 5.42. The minimum atomic E-state index is -0.159. The third kappa shape index (κ3) is 3.06. The summed E-state index contributed by atoms with van der Waals surface area (Å²) in [6.45, 7) is 0.770. The summed E-state index contributed by atoms with van der Waals surface area (Å²) < 4.78 is 5.31. The summed E-state index contributed by atoms with van der Waals surface area (Å²) >= 11 is 0. The highest BCUT2D eigenvalue weighted by Crippen LogP contribution is 2.30. The topological polar surface area (TPSA) is 65.3 Å². The molecule has 0 aliphatic heterocycles. The van der Waals surface area contributed by atoms with Crippen LogP contribution in [0.4, 0.5) is 0 Å². The van der Waals surface area contributed by atoms with Crippen LogP contribution in [0.15, 0.2) is 18.2 Å². The predicted molar refractivity (Wildman–Crippen MR) is 72.8 cm³/mol. The first kappa shape index (κ1) is 13.9. The Hall–Kier alpha value is -1.57. The van der Waals surface area contributed by atoms with Gasteiger partial charge in [0.05, 0.1) is 25.3 Å². The fraction of sp³-hybridized carbons (Fsp3) is 0.533. The van der Waals surface area contributed by atoms with Crippen molar-refractivity contribution in [3.63, 3.8) is 0 Å². The molecule has 4 heteroatoms. The van der Waals surface area contributed by atoms with Crippen LogP contribution in [0.25, 0.3) is 0 Å². The van der Waals surface area contributed by atoms with Gasteiger partial charge < -0.3 is 15.2 Å². The van der Waals surface area contributed by atoms with Crippen molar-refractivity contribution < 1.29 is 9.84 Å². The Morgan fingerprint density at radius 1 is 1.42 bits per heavy atom. The zero-order chi connectivity index (χ0) is 13.7. The Labute approximate surface area is 114 Å². The lowest BCUT2D eigenvalue weighted by molar-refractivity contribution is 0.162. The Morgan fingerprint density at radius 2 is 2.16 bits per heavy atom. The lowest BCUT2D eigenvalue weighted by atomic mass is 9.98. The van der Waals surface area contributed by atoms with E-state index in [1.807, 2.05) is 12.1 Å². The molecule has 0 atom stereocenters. The molecule has 2 N–H and O–H groups in total. The number of aliphatic hydroxyl groups excluding tert-OH is 1. The molecule has 1 aromatic carbocycles. The van der Waals surface area contributed by atoms with Crippen LogP contribution < -0.4 is 10.1 Å². The Kier molecular flexibility index (Phi) is 4.41. The van der Waals surface area contributed by atoms with Gasteiger partial charge in [-0.15, -0.1) is 0 Å². The summed E-state index contributed by atoms with van der Waals surface area (Å²) in [5.41, 5.74) is 1.43. The van der Waals surface area contributed by atoms with Gasteiger partial charge in [-0.25, -0.2) is 0 Å². The number of benzene rings is 1. The SMILES string of the molecule is COc1ccc(C#N)cc1CNC1(CO)CCCC1. The minimum Gasteiger partial charge on any atom is -0.496 e. The lowest BCUT2D eigenvalue weighted by Crippen LogP contribution is -2.45. The molecule has 0 radical (unpaired) electrons. The second-order valence-electron chi connectivity index (χ2n) is 5.14. The molecule has 0 aromatic heterocycles. The molecule has 0 unspecified atom stereocenters. The second-order valence-corrected chi connectivity index (χ2v) is 5.14. The van der Waals surface area contributed by atoms with Gasteiger partial charge in [0.2, 0.25) is 0 Å². The number of ether oxygens (including phenoxy) is 1. The van der Waals surface area contributed by atoms with E-state index in [-0.39, 0.29) is 12.1 Å². The van der Waals surface area contributed by atoms with Crippen LogP contribution in [0, 0.1) is 11.3 Å². The van der Waals surface area contributed by atoms with E-state index >= 15 is 0 Å². The zero-order valence-corrected chi connectivity index (χ0v) is 11.3. The Bertz CT molecular complexity index is 474. The van der Waals surface area contributed by atoms with Gasteiger partial charge in [-0.05, 0) is 31.0 Å². The van der Waals surface area contributed by atoms with Crippen LogP contribution >= 0.6 is 0 Å². The van der Waals surface area contributed by atoms with Crippen molar-refractivity contribution in [2.75, 3.05) is 13.7 Å². The number of aliphatic hydroxyl groups is 1. The monoisotopic (exact) mass is 260 g/mol. The second kappa shape index (κ2) is 6.05. The number of nitrogens with zero attached hydrogens (tertiary/aromatic N) is 1. The molecule has 0 heterocycles. The number of hydrogen-bond acceptors (Lipinski definition) is 4. The van der Waals surface area contributed by atoms with E-state index in [9.17, 15) is 5.11 Å². The summed E-state index contributed by atoms with van der Waals surface area (Å²) in [6.07, 6.45) is 4.32. The molecule has 0 saturated heterocycles. The fourth-order valence-electron chi connectivity index (χ4n) is 2.71. The van der Waals surface area contributed by atoms with Gasteiger partial charge in [0.15, 0.2) is 0 Å². The van der Waals surface area contributed by atoms with E-state index < -0.39 is 0 Å². The van der Waals surface area contributed by atoms with Gasteiger partial charge in [0, 0.05) is 17.6 Å². The molecule has 0 amide bonds. The number of hydrogen-bond donors (Lipinski definition) is 2. The number of methoxy groups -OCH3 is 1. The number of nitriles is 1. The van der Waals surface area contributed by atoms with Crippen molar-refractivity contribution >= 4 is 0 Å². The van der Waals surface area contributed by atoms with Gasteiger partial charge in [-0.3, -0.25) is 0 Å². The fourth-order valence-corrected chi connectivity index (χ4v) is 2.71. The molecule has 0 spiro atoms. The standard InChI is InChI=1S/C15H20N2O2/c1-19-14-5-4-12(9-16)8-13(14)10-17-15(11-18)6-2-3-7-15/h4-5,8,17-18H,2-3,6-7,10-11H2,1H3. The molecular formula is C15H20N2O2.